The summed E-state index contributed by atoms with van der Waals surface area (Å²) in [5, 5.41) is 6.50. The number of para-hydroxylation sites is 1. The highest BCUT2D eigenvalue weighted by Crippen LogP contribution is 2.46. The van der Waals surface area contributed by atoms with Crippen LogP contribution in [0.15, 0.2) is 52.4 Å². The van der Waals surface area contributed by atoms with E-state index in [1.807, 2.05) is 50.1 Å². The van der Waals surface area contributed by atoms with Crippen molar-refractivity contribution in [2.24, 2.45) is 5.14 Å². The van der Waals surface area contributed by atoms with E-state index in [-0.39, 0.29) is 15.2 Å². The first-order chi connectivity index (χ1) is 13.0. The van der Waals surface area contributed by atoms with Gasteiger partial charge in [0.1, 0.15) is 9.77 Å². The fourth-order valence-electron chi connectivity index (χ4n) is 3.33. The van der Waals surface area contributed by atoms with Crippen molar-refractivity contribution in [3.8, 4) is 0 Å². The number of likely N-dealkylation sites (N-methyl/N-ethyl adjacent to an activating group) is 1. The molecule has 1 aromatic heterocycles. The third-order valence-electron chi connectivity index (χ3n) is 4.70. The zero-order chi connectivity index (χ0) is 20.7. The van der Waals surface area contributed by atoms with Gasteiger partial charge in [0, 0.05) is 29.9 Å². The van der Waals surface area contributed by atoms with Gasteiger partial charge in [-0.1, -0.05) is 32.0 Å². The molecule has 1 aliphatic heterocycles. The van der Waals surface area contributed by atoms with Crippen molar-refractivity contribution < 1.29 is 22.7 Å². The number of rotatable bonds is 5. The number of thiophene rings is 1. The Morgan fingerprint density at radius 2 is 1.93 bits per heavy atom. The number of esters is 1. The van der Waals surface area contributed by atoms with Gasteiger partial charge >= 0.3 is 5.97 Å². The first-order valence-electron chi connectivity index (χ1n) is 8.39. The second kappa shape index (κ2) is 7.16. The highest BCUT2D eigenvalue weighted by molar-refractivity contribution is 7.89. The Balaban J connectivity index is 1.75. The predicted molar refractivity (Wildman–Crippen MR) is 107 cm³/mol. The van der Waals surface area contributed by atoms with Gasteiger partial charge in [-0.05, 0) is 23.1 Å². The molecule has 0 radical (unpaired) electrons. The SMILES string of the molecule is CN1C(=CC(=O)COC(=O)c2sccc2S(N)(=O)=O)C(C)(C)c2ccccc21. The van der Waals surface area contributed by atoms with Gasteiger partial charge in [-0.3, -0.25) is 4.79 Å². The lowest BCUT2D eigenvalue weighted by Gasteiger charge is -2.23. The van der Waals surface area contributed by atoms with Gasteiger partial charge in [0.05, 0.1) is 0 Å². The fourth-order valence-corrected chi connectivity index (χ4v) is 5.18. The standard InChI is InChI=1S/C19H20N2O5S2/c1-19(2)13-6-4-5-7-14(13)21(3)16(19)10-12(22)11-26-18(23)17-15(8-9-27-17)28(20,24)25/h4-10H,11H2,1-3H3,(H2,20,24,25). The number of benzene rings is 1. The number of hydrogen-bond acceptors (Lipinski definition) is 7. The van der Waals surface area contributed by atoms with Crippen LogP contribution in [0.5, 0.6) is 0 Å². The first-order valence-corrected chi connectivity index (χ1v) is 10.8. The summed E-state index contributed by atoms with van der Waals surface area (Å²) in [6, 6.07) is 9.11. The molecule has 7 nitrogen and oxygen atoms in total. The first kappa shape index (κ1) is 20.2. The fraction of sp³-hybridized carbons (Fsp3) is 0.263. The molecular weight excluding hydrogens is 400 g/mol. The number of ether oxygens (including phenoxy) is 1. The largest absolute Gasteiger partial charge is 0.453 e. The normalized spacial score (nSPS) is 16.9. The zero-order valence-electron chi connectivity index (χ0n) is 15.6. The summed E-state index contributed by atoms with van der Waals surface area (Å²) >= 11 is 0.892. The van der Waals surface area contributed by atoms with Crippen molar-refractivity contribution in [3.05, 3.63) is 57.9 Å². The summed E-state index contributed by atoms with van der Waals surface area (Å²) in [4.78, 5) is 26.1. The molecule has 0 aliphatic carbocycles. The van der Waals surface area contributed by atoms with Crippen molar-refractivity contribution in [2.45, 2.75) is 24.2 Å². The Bertz CT molecular complexity index is 1080. The smallest absolute Gasteiger partial charge is 0.350 e. The van der Waals surface area contributed by atoms with E-state index >= 15 is 0 Å². The summed E-state index contributed by atoms with van der Waals surface area (Å²) in [5.74, 6) is -1.29. The van der Waals surface area contributed by atoms with Gasteiger partial charge < -0.3 is 9.64 Å². The van der Waals surface area contributed by atoms with Crippen molar-refractivity contribution in [2.75, 3.05) is 18.6 Å². The van der Waals surface area contributed by atoms with Gasteiger partial charge in [0.2, 0.25) is 10.0 Å². The molecule has 1 aliphatic rings. The molecule has 0 atom stereocenters. The molecule has 1 aromatic carbocycles. The van der Waals surface area contributed by atoms with Crippen LogP contribution < -0.4 is 10.0 Å². The Morgan fingerprint density at radius 1 is 1.25 bits per heavy atom. The van der Waals surface area contributed by atoms with Crippen LogP contribution in [0.4, 0.5) is 5.69 Å². The maximum atomic E-state index is 12.4. The summed E-state index contributed by atoms with van der Waals surface area (Å²) in [5.41, 5.74) is 2.53. The van der Waals surface area contributed by atoms with Crippen LogP contribution >= 0.6 is 11.3 Å². The van der Waals surface area contributed by atoms with Crippen LogP contribution in [-0.4, -0.2) is 33.8 Å². The highest BCUT2D eigenvalue weighted by atomic mass is 32.2. The lowest BCUT2D eigenvalue weighted by atomic mass is 9.83. The van der Waals surface area contributed by atoms with E-state index in [2.05, 4.69) is 0 Å². The molecular formula is C19H20N2O5S2. The average Bonchev–Trinajstić information content (AvgIpc) is 3.19. The van der Waals surface area contributed by atoms with Crippen LogP contribution in [0.25, 0.3) is 0 Å². The number of fused-ring (bicyclic) bond motifs is 1. The van der Waals surface area contributed by atoms with E-state index in [9.17, 15) is 18.0 Å². The molecule has 3 rings (SSSR count). The van der Waals surface area contributed by atoms with Gasteiger partial charge in [-0.25, -0.2) is 18.4 Å². The topological polar surface area (TPSA) is 107 Å². The van der Waals surface area contributed by atoms with E-state index in [1.54, 1.807) is 0 Å². The van der Waals surface area contributed by atoms with Gasteiger partial charge in [-0.15, -0.1) is 11.3 Å². The number of primary sulfonamides is 1. The number of anilines is 1. The van der Waals surface area contributed by atoms with E-state index in [4.69, 9.17) is 9.88 Å². The van der Waals surface area contributed by atoms with Gasteiger partial charge in [-0.2, -0.15) is 0 Å². The van der Waals surface area contributed by atoms with Crippen molar-refractivity contribution in [1.29, 1.82) is 0 Å². The van der Waals surface area contributed by atoms with Crippen LogP contribution in [0.3, 0.4) is 0 Å². The summed E-state index contributed by atoms with van der Waals surface area (Å²) < 4.78 is 28.0. The summed E-state index contributed by atoms with van der Waals surface area (Å²) in [6.45, 7) is 3.54. The van der Waals surface area contributed by atoms with Crippen LogP contribution in [-0.2, 0) is 25.0 Å². The van der Waals surface area contributed by atoms with Crippen LogP contribution in [0.1, 0.15) is 29.1 Å². The number of nitrogens with two attached hydrogens (primary N) is 1. The molecule has 2 aromatic rings. The number of ketones is 1. The lowest BCUT2D eigenvalue weighted by molar-refractivity contribution is -0.117. The Morgan fingerprint density at radius 3 is 2.57 bits per heavy atom. The molecule has 0 fully saturated rings. The molecule has 0 amide bonds. The molecule has 0 spiro atoms. The zero-order valence-corrected chi connectivity index (χ0v) is 17.3. The van der Waals surface area contributed by atoms with Crippen molar-refractivity contribution >= 4 is 38.8 Å². The number of hydrogen-bond donors (Lipinski definition) is 1. The molecule has 148 valence electrons. The number of nitrogens with zero attached hydrogens (tertiary/aromatic N) is 1. The molecule has 0 saturated carbocycles. The summed E-state index contributed by atoms with van der Waals surface area (Å²) in [7, 11) is -2.16. The minimum absolute atomic E-state index is 0.145. The van der Waals surface area contributed by atoms with Crippen molar-refractivity contribution in [1.82, 2.24) is 0 Å². The molecule has 9 heteroatoms. The second-order valence-corrected chi connectivity index (χ2v) is 9.38. The van der Waals surface area contributed by atoms with Crippen molar-refractivity contribution in [3.63, 3.8) is 0 Å². The third kappa shape index (κ3) is 3.60. The minimum Gasteiger partial charge on any atom is -0.453 e. The Labute approximate surface area is 167 Å². The predicted octanol–water partition coefficient (Wildman–Crippen LogP) is 2.43. The molecule has 0 saturated heterocycles. The molecule has 28 heavy (non-hydrogen) atoms. The second-order valence-electron chi connectivity index (χ2n) is 6.93. The molecule has 0 unspecified atom stereocenters. The lowest BCUT2D eigenvalue weighted by Crippen LogP contribution is -2.25. The number of carbonyl (C=O) groups excluding carboxylic acids is 2. The monoisotopic (exact) mass is 420 g/mol. The van der Waals surface area contributed by atoms with Gasteiger partial charge in [0.25, 0.3) is 0 Å². The average molecular weight is 421 g/mol. The van der Waals surface area contributed by atoms with E-state index in [0.717, 1.165) is 28.3 Å². The quantitative estimate of drug-likeness (QED) is 0.588. The Kier molecular flexibility index (Phi) is 5.18. The van der Waals surface area contributed by atoms with Crippen LogP contribution in [0.2, 0.25) is 0 Å². The Hall–Kier alpha value is -2.49. The highest BCUT2D eigenvalue weighted by Gasteiger charge is 2.38. The maximum absolute atomic E-state index is 12.4. The van der Waals surface area contributed by atoms with E-state index < -0.39 is 28.4 Å². The van der Waals surface area contributed by atoms with Crippen LogP contribution in [0, 0.1) is 0 Å². The number of carbonyl (C=O) groups is 2. The molecule has 2 N–H and O–H groups in total. The summed E-state index contributed by atoms with van der Waals surface area (Å²) in [6.07, 6.45) is 1.46. The van der Waals surface area contributed by atoms with E-state index in [0.29, 0.717) is 0 Å². The maximum Gasteiger partial charge on any atom is 0.350 e. The molecule has 2 heterocycles. The molecule has 0 bridgehead atoms. The number of sulfonamides is 1. The van der Waals surface area contributed by atoms with Gasteiger partial charge in [0.15, 0.2) is 12.4 Å². The van der Waals surface area contributed by atoms with E-state index in [1.165, 1.54) is 17.5 Å². The third-order valence-corrected chi connectivity index (χ3v) is 6.68. The minimum atomic E-state index is -4.04. The number of allylic oxidation sites excluding steroid dienone is 1.